The minimum Gasteiger partial charge on any atom is -0.508 e. The van der Waals surface area contributed by atoms with Gasteiger partial charge in [-0.25, -0.2) is 0 Å². The highest BCUT2D eigenvalue weighted by Crippen LogP contribution is 2.20. The average molecular weight is 241 g/mol. The van der Waals surface area contributed by atoms with Crippen molar-refractivity contribution in [2.75, 3.05) is 5.32 Å². The predicted octanol–water partition coefficient (Wildman–Crippen LogP) is 3.93. The molecular formula is C16H19NO. The second kappa shape index (κ2) is 5.13. The smallest absolute Gasteiger partial charge is 0.117 e. The third-order valence-electron chi connectivity index (χ3n) is 3.16. The summed E-state index contributed by atoms with van der Waals surface area (Å²) in [5.41, 5.74) is 6.17. The summed E-state index contributed by atoms with van der Waals surface area (Å²) in [4.78, 5) is 0. The van der Waals surface area contributed by atoms with E-state index in [0.29, 0.717) is 0 Å². The summed E-state index contributed by atoms with van der Waals surface area (Å²) in [7, 11) is 0. The second-order valence-corrected chi connectivity index (χ2v) is 4.78. The summed E-state index contributed by atoms with van der Waals surface area (Å²) >= 11 is 0. The zero-order valence-electron chi connectivity index (χ0n) is 11.1. The van der Waals surface area contributed by atoms with E-state index in [1.807, 2.05) is 12.1 Å². The largest absolute Gasteiger partial charge is 0.508 e. The Bertz CT molecular complexity index is 538. The van der Waals surface area contributed by atoms with Crippen molar-refractivity contribution in [3.63, 3.8) is 0 Å². The molecule has 0 fully saturated rings. The van der Waals surface area contributed by atoms with Crippen molar-refractivity contribution < 1.29 is 5.11 Å². The van der Waals surface area contributed by atoms with Gasteiger partial charge in [0.2, 0.25) is 0 Å². The Balaban J connectivity index is 2.16. The minimum atomic E-state index is 0.289. The van der Waals surface area contributed by atoms with Gasteiger partial charge in [0.15, 0.2) is 0 Å². The molecule has 2 N–H and O–H groups in total. The van der Waals surface area contributed by atoms with Crippen LogP contribution in [0.15, 0.2) is 36.4 Å². The number of phenols is 1. The van der Waals surface area contributed by atoms with Crippen LogP contribution >= 0.6 is 0 Å². The maximum atomic E-state index is 9.42. The summed E-state index contributed by atoms with van der Waals surface area (Å²) in [6.07, 6.45) is 0. The van der Waals surface area contributed by atoms with E-state index in [1.54, 1.807) is 12.1 Å². The van der Waals surface area contributed by atoms with Gasteiger partial charge >= 0.3 is 0 Å². The third kappa shape index (κ3) is 2.83. The van der Waals surface area contributed by atoms with Crippen LogP contribution < -0.4 is 5.32 Å². The van der Waals surface area contributed by atoms with Crippen LogP contribution in [0.3, 0.4) is 0 Å². The second-order valence-electron chi connectivity index (χ2n) is 4.78. The zero-order valence-corrected chi connectivity index (χ0v) is 11.1. The van der Waals surface area contributed by atoms with Crippen LogP contribution in [0, 0.1) is 20.8 Å². The molecule has 0 radical (unpaired) electrons. The zero-order chi connectivity index (χ0) is 13.1. The van der Waals surface area contributed by atoms with E-state index >= 15 is 0 Å². The van der Waals surface area contributed by atoms with Gasteiger partial charge in [0.1, 0.15) is 5.75 Å². The standard InChI is InChI=1S/C16H19NO/c1-11-7-12(2)16(13(3)8-11)10-17-14-5-4-6-15(18)9-14/h4-9,17-18H,10H2,1-3H3. The van der Waals surface area contributed by atoms with Crippen molar-refractivity contribution in [3.05, 3.63) is 58.7 Å². The van der Waals surface area contributed by atoms with E-state index in [4.69, 9.17) is 0 Å². The van der Waals surface area contributed by atoms with Crippen LogP contribution in [-0.2, 0) is 6.54 Å². The van der Waals surface area contributed by atoms with Crippen LogP contribution in [-0.4, -0.2) is 5.11 Å². The summed E-state index contributed by atoms with van der Waals surface area (Å²) in [5.74, 6) is 0.289. The number of hydrogen-bond donors (Lipinski definition) is 2. The minimum absolute atomic E-state index is 0.289. The molecule has 94 valence electrons. The Morgan fingerprint density at radius 3 is 2.28 bits per heavy atom. The number of nitrogens with one attached hydrogen (secondary N) is 1. The van der Waals surface area contributed by atoms with Crippen molar-refractivity contribution in [1.29, 1.82) is 0 Å². The van der Waals surface area contributed by atoms with Gasteiger partial charge in [0.05, 0.1) is 0 Å². The topological polar surface area (TPSA) is 32.3 Å². The number of rotatable bonds is 3. The van der Waals surface area contributed by atoms with Gasteiger partial charge < -0.3 is 10.4 Å². The van der Waals surface area contributed by atoms with Crippen LogP contribution in [0.2, 0.25) is 0 Å². The van der Waals surface area contributed by atoms with Gasteiger partial charge in [0.25, 0.3) is 0 Å². The van der Waals surface area contributed by atoms with Crippen molar-refractivity contribution in [2.45, 2.75) is 27.3 Å². The molecule has 2 heteroatoms. The lowest BCUT2D eigenvalue weighted by molar-refractivity contribution is 0.475. The summed E-state index contributed by atoms with van der Waals surface area (Å²) in [6.45, 7) is 7.17. The quantitative estimate of drug-likeness (QED) is 0.853. The van der Waals surface area contributed by atoms with Crippen molar-refractivity contribution >= 4 is 5.69 Å². The molecule has 2 aromatic carbocycles. The first kappa shape index (κ1) is 12.5. The molecule has 0 spiro atoms. The molecule has 0 saturated heterocycles. The van der Waals surface area contributed by atoms with Crippen LogP contribution in [0.25, 0.3) is 0 Å². The first-order valence-corrected chi connectivity index (χ1v) is 6.16. The summed E-state index contributed by atoms with van der Waals surface area (Å²) in [5, 5.41) is 12.8. The highest BCUT2D eigenvalue weighted by Gasteiger charge is 2.03. The van der Waals surface area contributed by atoms with Crippen molar-refractivity contribution in [3.8, 4) is 5.75 Å². The van der Waals surface area contributed by atoms with Gasteiger partial charge in [-0.1, -0.05) is 23.8 Å². The van der Waals surface area contributed by atoms with Gasteiger partial charge in [-0.2, -0.15) is 0 Å². The fraction of sp³-hybridized carbons (Fsp3) is 0.250. The molecule has 0 aliphatic rings. The molecule has 0 amide bonds. The first-order valence-electron chi connectivity index (χ1n) is 6.16. The van der Waals surface area contributed by atoms with Gasteiger partial charge in [-0.05, 0) is 49.6 Å². The van der Waals surface area contributed by atoms with Gasteiger partial charge in [-0.3, -0.25) is 0 Å². The number of phenolic OH excluding ortho intramolecular Hbond substituents is 1. The van der Waals surface area contributed by atoms with E-state index in [0.717, 1.165) is 12.2 Å². The molecule has 2 aromatic rings. The lowest BCUT2D eigenvalue weighted by atomic mass is 10.00. The number of anilines is 1. The predicted molar refractivity (Wildman–Crippen MR) is 76.1 cm³/mol. The van der Waals surface area contributed by atoms with Crippen LogP contribution in [0.1, 0.15) is 22.3 Å². The van der Waals surface area contributed by atoms with E-state index in [2.05, 4.69) is 38.2 Å². The molecule has 0 aliphatic heterocycles. The van der Waals surface area contributed by atoms with Crippen LogP contribution in [0.5, 0.6) is 5.75 Å². The number of hydrogen-bond acceptors (Lipinski definition) is 2. The summed E-state index contributed by atoms with van der Waals surface area (Å²) in [6, 6.07) is 11.6. The maximum Gasteiger partial charge on any atom is 0.117 e. The Labute approximate surface area is 108 Å². The average Bonchev–Trinajstić information content (AvgIpc) is 2.27. The lowest BCUT2D eigenvalue weighted by Crippen LogP contribution is -2.03. The van der Waals surface area contributed by atoms with Gasteiger partial charge in [-0.15, -0.1) is 0 Å². The molecule has 0 bridgehead atoms. The van der Waals surface area contributed by atoms with E-state index in [9.17, 15) is 5.11 Å². The third-order valence-corrected chi connectivity index (χ3v) is 3.16. The molecule has 2 rings (SSSR count). The molecule has 0 unspecified atom stereocenters. The number of aryl methyl sites for hydroxylation is 3. The normalized spacial score (nSPS) is 10.4. The molecule has 0 heterocycles. The number of aromatic hydroxyl groups is 1. The Hall–Kier alpha value is -1.96. The number of benzene rings is 2. The molecule has 0 saturated carbocycles. The first-order chi connectivity index (χ1) is 8.56. The van der Waals surface area contributed by atoms with E-state index < -0.39 is 0 Å². The molecule has 18 heavy (non-hydrogen) atoms. The Kier molecular flexibility index (Phi) is 3.56. The molecule has 0 aromatic heterocycles. The lowest BCUT2D eigenvalue weighted by Gasteiger charge is -2.13. The van der Waals surface area contributed by atoms with E-state index in [-0.39, 0.29) is 5.75 Å². The highest BCUT2D eigenvalue weighted by atomic mass is 16.3. The molecule has 0 aliphatic carbocycles. The molecular weight excluding hydrogens is 222 g/mol. The SMILES string of the molecule is Cc1cc(C)c(CNc2cccc(O)c2)c(C)c1. The fourth-order valence-electron chi connectivity index (χ4n) is 2.30. The van der Waals surface area contributed by atoms with Crippen LogP contribution in [0.4, 0.5) is 5.69 Å². The van der Waals surface area contributed by atoms with Gasteiger partial charge in [0, 0.05) is 18.3 Å². The van der Waals surface area contributed by atoms with Crippen molar-refractivity contribution in [2.24, 2.45) is 0 Å². The van der Waals surface area contributed by atoms with Crippen molar-refractivity contribution in [1.82, 2.24) is 0 Å². The van der Waals surface area contributed by atoms with E-state index in [1.165, 1.54) is 22.3 Å². The highest BCUT2D eigenvalue weighted by molar-refractivity contribution is 5.49. The summed E-state index contributed by atoms with van der Waals surface area (Å²) < 4.78 is 0. The monoisotopic (exact) mass is 241 g/mol. The molecule has 0 atom stereocenters. The maximum absolute atomic E-state index is 9.42. The fourth-order valence-corrected chi connectivity index (χ4v) is 2.30. The Morgan fingerprint density at radius 1 is 1.00 bits per heavy atom. The molecule has 2 nitrogen and oxygen atoms in total. The Morgan fingerprint density at radius 2 is 1.67 bits per heavy atom.